The Balaban J connectivity index is 2.43. The molecule has 2 unspecified atom stereocenters. The van der Waals surface area contributed by atoms with Gasteiger partial charge in [0.1, 0.15) is 0 Å². The van der Waals surface area contributed by atoms with Crippen LogP contribution in [0.3, 0.4) is 0 Å². The molecule has 0 aliphatic heterocycles. The van der Waals surface area contributed by atoms with Crippen molar-refractivity contribution in [3.63, 3.8) is 0 Å². The SMILES string of the molecule is CCCOn1pn[pH][nH][pH]1. The van der Waals surface area contributed by atoms with Crippen molar-refractivity contribution in [2.24, 2.45) is 0 Å². The van der Waals surface area contributed by atoms with Crippen LogP contribution in [0, 0.1) is 0 Å². The van der Waals surface area contributed by atoms with Crippen LogP contribution in [0.4, 0.5) is 0 Å². The van der Waals surface area contributed by atoms with Gasteiger partial charge < -0.3 is 4.51 Å². The Kier molecular flexibility index (Phi) is 4.16. The predicted octanol–water partition coefficient (Wildman–Crippen LogP) is 1.82. The summed E-state index contributed by atoms with van der Waals surface area (Å²) < 4.78 is 9.07. The molecule has 0 saturated carbocycles. The van der Waals surface area contributed by atoms with Crippen molar-refractivity contribution in [1.29, 1.82) is 0 Å². The van der Waals surface area contributed by atoms with E-state index in [2.05, 4.69) is 15.9 Å². The first kappa shape index (κ1) is 8.36. The molecule has 1 aromatic rings. The minimum atomic E-state index is 0.546. The van der Waals surface area contributed by atoms with Crippen LogP contribution in [0.25, 0.3) is 0 Å². The molecule has 1 aromatic heterocycles. The maximum absolute atomic E-state index is 5.31. The smallest absolute Gasteiger partial charge is 0.169 e. The molecule has 10 heavy (non-hydrogen) atoms. The fourth-order valence-electron chi connectivity index (χ4n) is 0.419. The van der Waals surface area contributed by atoms with Gasteiger partial charge in [-0.05, 0) is 6.42 Å². The molecule has 58 valence electrons. The molecule has 0 aromatic carbocycles. The van der Waals surface area contributed by atoms with Crippen LogP contribution in [-0.4, -0.2) is 19.9 Å². The summed E-state index contributed by atoms with van der Waals surface area (Å²) in [4.78, 5) is 5.31. The Morgan fingerprint density at radius 2 is 2.70 bits per heavy atom. The van der Waals surface area contributed by atoms with E-state index in [-0.39, 0.29) is 0 Å². The van der Waals surface area contributed by atoms with Crippen LogP contribution >= 0.6 is 25.5 Å². The van der Waals surface area contributed by atoms with Crippen LogP contribution in [0.2, 0.25) is 0 Å². The highest BCUT2D eigenvalue weighted by Gasteiger charge is 1.84. The van der Waals surface area contributed by atoms with Gasteiger partial charge in [0.25, 0.3) is 0 Å². The summed E-state index contributed by atoms with van der Waals surface area (Å²) in [5, 5.41) is 0. The number of hydrogen-bond donors (Lipinski definition) is 1. The molecule has 0 aliphatic carbocycles. The summed E-state index contributed by atoms with van der Waals surface area (Å²) in [6, 6.07) is 0. The van der Waals surface area contributed by atoms with Gasteiger partial charge in [-0.1, -0.05) is 6.92 Å². The van der Waals surface area contributed by atoms with E-state index in [1.807, 2.05) is 4.26 Å². The van der Waals surface area contributed by atoms with Gasteiger partial charge in [-0.25, -0.2) is 0 Å². The largest absolute Gasteiger partial charge is 0.311 e. The predicted molar refractivity (Wildman–Crippen MR) is 47.5 cm³/mol. The third-order valence-electron chi connectivity index (χ3n) is 0.801. The molecule has 0 bridgehead atoms. The van der Waals surface area contributed by atoms with Crippen LogP contribution < -0.4 is 4.84 Å². The average Bonchev–Trinajstić information content (AvgIpc) is 2.03. The molecule has 1 rings (SSSR count). The lowest BCUT2D eigenvalue weighted by Crippen LogP contribution is -2.05. The lowest BCUT2D eigenvalue weighted by atomic mass is 10.5. The fourth-order valence-corrected chi connectivity index (χ4v) is 3.48. The van der Waals surface area contributed by atoms with Crippen LogP contribution in [0.1, 0.15) is 13.3 Å². The second-order valence-corrected chi connectivity index (χ2v) is 5.22. The lowest BCUT2D eigenvalue weighted by molar-refractivity contribution is 0.157. The molecular weight excluding hydrogens is 187 g/mol. The normalized spacial score (nSPS) is 12.1. The molecule has 1 N–H and O–H groups in total. The van der Waals surface area contributed by atoms with Crippen molar-refractivity contribution < 1.29 is 4.84 Å². The standard InChI is InChI=1S/C3H10N3OP3/c1-2-3-7-6-9-4-8-5-10-6/h4,8-9H,2-3H2,1H3. The molecule has 0 fully saturated rings. The summed E-state index contributed by atoms with van der Waals surface area (Å²) in [6.45, 7) is 2.89. The number of nitrogens with one attached hydrogen (secondary N) is 1. The van der Waals surface area contributed by atoms with Crippen LogP contribution in [0.5, 0.6) is 0 Å². The van der Waals surface area contributed by atoms with Gasteiger partial charge in [-0.2, -0.15) is 8.76 Å². The number of rotatable bonds is 3. The minimum Gasteiger partial charge on any atom is -0.311 e. The summed E-state index contributed by atoms with van der Waals surface area (Å²) in [5.74, 6) is 0. The van der Waals surface area contributed by atoms with E-state index in [0.717, 1.165) is 21.5 Å². The quantitative estimate of drug-likeness (QED) is 0.802. The number of aromatic amines is 1. The number of aromatic nitrogens is 3. The zero-order valence-corrected chi connectivity index (χ0v) is 8.56. The molecular formula is C3H10N3OP3. The van der Waals surface area contributed by atoms with Crippen molar-refractivity contribution in [2.75, 3.05) is 6.61 Å². The highest BCUT2D eigenvalue weighted by Crippen LogP contribution is 2.09. The molecule has 0 amide bonds. The number of H-pyrrole nitrogens is 1. The van der Waals surface area contributed by atoms with Crippen LogP contribution in [-0.2, 0) is 0 Å². The summed E-state index contributed by atoms with van der Waals surface area (Å²) in [6.07, 6.45) is 1.05. The first-order chi connectivity index (χ1) is 4.93. The highest BCUT2D eigenvalue weighted by atomic mass is 31.1. The maximum Gasteiger partial charge on any atom is 0.169 e. The molecule has 1 heterocycles. The average molecular weight is 197 g/mol. The Morgan fingerprint density at radius 1 is 1.80 bits per heavy atom. The second kappa shape index (κ2) is 4.98. The van der Waals surface area contributed by atoms with Crippen molar-refractivity contribution in [3.8, 4) is 0 Å². The number of nitrogens with zero attached hydrogens (tertiary/aromatic N) is 2. The zero-order valence-electron chi connectivity index (χ0n) is 5.66. The Morgan fingerprint density at radius 3 is 3.30 bits per heavy atom. The number of hydrogen-bond acceptors (Lipinski definition) is 2. The highest BCUT2D eigenvalue weighted by molar-refractivity contribution is 7.44. The van der Waals surface area contributed by atoms with E-state index >= 15 is 0 Å². The van der Waals surface area contributed by atoms with Gasteiger partial charge in [-0.15, -0.1) is 0 Å². The summed E-state index contributed by atoms with van der Waals surface area (Å²) in [7, 11) is 2.07. The van der Waals surface area contributed by atoms with Gasteiger partial charge in [0, 0.05) is 17.0 Å². The molecule has 0 aliphatic rings. The van der Waals surface area contributed by atoms with Crippen molar-refractivity contribution >= 4 is 25.5 Å². The molecule has 0 radical (unpaired) electrons. The molecule has 4 nitrogen and oxygen atoms in total. The van der Waals surface area contributed by atoms with E-state index in [4.69, 9.17) is 4.84 Å². The zero-order chi connectivity index (χ0) is 7.23. The fraction of sp³-hybridized carbons (Fsp3) is 1.00. The van der Waals surface area contributed by atoms with E-state index in [1.54, 1.807) is 0 Å². The molecule has 7 heteroatoms. The topological polar surface area (TPSA) is 42.8 Å². The van der Waals surface area contributed by atoms with Crippen molar-refractivity contribution in [3.05, 3.63) is 0 Å². The van der Waals surface area contributed by atoms with E-state index in [0.29, 0.717) is 17.0 Å². The van der Waals surface area contributed by atoms with E-state index in [9.17, 15) is 0 Å². The van der Waals surface area contributed by atoms with Gasteiger partial charge in [0.15, 0.2) is 8.51 Å². The summed E-state index contributed by atoms with van der Waals surface area (Å²) in [5.41, 5.74) is 0. The molecule has 0 saturated heterocycles. The monoisotopic (exact) mass is 197 g/mol. The first-order valence-electron chi connectivity index (χ1n) is 3.03. The van der Waals surface area contributed by atoms with Gasteiger partial charge in [0.2, 0.25) is 0 Å². The Labute approximate surface area is 64.3 Å². The third-order valence-corrected chi connectivity index (χ3v) is 3.62. The third kappa shape index (κ3) is 2.90. The Bertz CT molecular complexity index is 184. The van der Waals surface area contributed by atoms with Gasteiger partial charge in [0.05, 0.1) is 6.61 Å². The van der Waals surface area contributed by atoms with Gasteiger partial charge >= 0.3 is 0 Å². The second-order valence-electron chi connectivity index (χ2n) is 1.64. The van der Waals surface area contributed by atoms with E-state index in [1.165, 1.54) is 0 Å². The molecule has 0 spiro atoms. The maximum atomic E-state index is 5.31. The minimum absolute atomic E-state index is 0.546. The van der Waals surface area contributed by atoms with Crippen molar-refractivity contribution in [1.82, 2.24) is 13.3 Å². The van der Waals surface area contributed by atoms with E-state index < -0.39 is 0 Å². The Hall–Kier alpha value is 0.260. The van der Waals surface area contributed by atoms with Gasteiger partial charge in [-0.3, -0.25) is 4.84 Å². The van der Waals surface area contributed by atoms with Crippen LogP contribution in [0.15, 0.2) is 0 Å². The molecule has 2 atom stereocenters. The lowest BCUT2D eigenvalue weighted by Gasteiger charge is -2.01. The van der Waals surface area contributed by atoms with Crippen molar-refractivity contribution in [2.45, 2.75) is 13.3 Å². The summed E-state index contributed by atoms with van der Waals surface area (Å²) >= 11 is 0. The first-order valence-corrected chi connectivity index (χ1v) is 5.72.